The first-order valence-electron chi connectivity index (χ1n) is 10.3. The summed E-state index contributed by atoms with van der Waals surface area (Å²) < 4.78 is 14.9. The fraction of sp³-hybridized carbons (Fsp3) is 0.280. The van der Waals surface area contributed by atoms with Crippen molar-refractivity contribution in [1.29, 1.82) is 0 Å². The van der Waals surface area contributed by atoms with E-state index in [4.69, 9.17) is 0 Å². The third kappa shape index (κ3) is 3.63. The lowest BCUT2D eigenvalue weighted by molar-refractivity contribution is 0.567. The van der Waals surface area contributed by atoms with E-state index in [0.717, 1.165) is 17.0 Å². The van der Waals surface area contributed by atoms with E-state index < -0.39 is 7.14 Å². The molecular weight excluding hydrogens is 378 g/mol. The van der Waals surface area contributed by atoms with Crippen molar-refractivity contribution in [3.63, 3.8) is 0 Å². The van der Waals surface area contributed by atoms with Gasteiger partial charge in [-0.25, -0.2) is 0 Å². The molecule has 0 radical (unpaired) electrons. The Morgan fingerprint density at radius 2 is 1.36 bits per heavy atom. The van der Waals surface area contributed by atoms with Gasteiger partial charge in [0.05, 0.1) is 0 Å². The molecule has 1 fully saturated rings. The molecule has 0 aliphatic carbocycles. The molecule has 3 unspecified atom stereocenters. The highest BCUT2D eigenvalue weighted by molar-refractivity contribution is 7.80. The zero-order valence-electron chi connectivity index (χ0n) is 16.4. The maximum Gasteiger partial charge on any atom is 0.146 e. The Hall–Kier alpha value is -1.68. The molecule has 0 N–H and O–H groups in total. The second kappa shape index (κ2) is 8.77. The SMILES string of the molecule is CCC(C1CCCP1c1ccccc1)P(=O)(c1ccccc1)c1ccccc1. The van der Waals surface area contributed by atoms with Gasteiger partial charge in [0.25, 0.3) is 0 Å². The molecule has 3 atom stereocenters. The molecule has 4 rings (SSSR count). The highest BCUT2D eigenvalue weighted by Crippen LogP contribution is 2.61. The first-order chi connectivity index (χ1) is 13.7. The molecule has 0 bridgehead atoms. The Morgan fingerprint density at radius 1 is 0.857 bits per heavy atom. The van der Waals surface area contributed by atoms with Gasteiger partial charge in [-0.1, -0.05) is 106 Å². The summed E-state index contributed by atoms with van der Waals surface area (Å²) >= 11 is 0. The van der Waals surface area contributed by atoms with Gasteiger partial charge in [-0.3, -0.25) is 0 Å². The first kappa shape index (κ1) is 19.6. The maximum atomic E-state index is 14.9. The van der Waals surface area contributed by atoms with Crippen LogP contribution >= 0.6 is 15.1 Å². The van der Waals surface area contributed by atoms with Crippen molar-refractivity contribution < 1.29 is 4.57 Å². The minimum absolute atomic E-state index is 0.200. The van der Waals surface area contributed by atoms with Crippen LogP contribution in [-0.4, -0.2) is 17.5 Å². The van der Waals surface area contributed by atoms with Gasteiger partial charge in [-0.2, -0.15) is 0 Å². The molecule has 1 saturated heterocycles. The van der Waals surface area contributed by atoms with Crippen LogP contribution in [0.5, 0.6) is 0 Å². The summed E-state index contributed by atoms with van der Waals surface area (Å²) in [6.45, 7) is 2.24. The molecule has 0 amide bonds. The summed E-state index contributed by atoms with van der Waals surface area (Å²) in [7, 11) is -2.99. The van der Waals surface area contributed by atoms with Crippen molar-refractivity contribution in [3.05, 3.63) is 91.0 Å². The van der Waals surface area contributed by atoms with Crippen molar-refractivity contribution in [3.8, 4) is 0 Å². The van der Waals surface area contributed by atoms with Crippen LogP contribution in [0.4, 0.5) is 0 Å². The lowest BCUT2D eigenvalue weighted by atomic mass is 10.1. The van der Waals surface area contributed by atoms with E-state index in [1.807, 2.05) is 36.4 Å². The first-order valence-corrected chi connectivity index (χ1v) is 13.6. The van der Waals surface area contributed by atoms with Crippen molar-refractivity contribution >= 4 is 31.0 Å². The van der Waals surface area contributed by atoms with Crippen LogP contribution in [0, 0.1) is 0 Å². The fourth-order valence-corrected chi connectivity index (χ4v) is 12.4. The highest BCUT2D eigenvalue weighted by Gasteiger charge is 2.44. The Bertz CT molecular complexity index is 881. The molecule has 0 aromatic heterocycles. The molecule has 1 heterocycles. The average Bonchev–Trinajstić information content (AvgIpc) is 3.25. The molecule has 0 saturated carbocycles. The normalized spacial score (nSPS) is 20.8. The van der Waals surface area contributed by atoms with Gasteiger partial charge in [0.1, 0.15) is 7.14 Å². The molecule has 28 heavy (non-hydrogen) atoms. The zero-order chi connectivity index (χ0) is 19.4. The topological polar surface area (TPSA) is 17.1 Å². The second-order valence-electron chi connectivity index (χ2n) is 7.54. The van der Waals surface area contributed by atoms with E-state index in [0.29, 0.717) is 5.66 Å². The van der Waals surface area contributed by atoms with E-state index in [2.05, 4.69) is 61.5 Å². The monoisotopic (exact) mass is 406 g/mol. The lowest BCUT2D eigenvalue weighted by Crippen LogP contribution is -2.33. The van der Waals surface area contributed by atoms with Gasteiger partial charge >= 0.3 is 0 Å². The Balaban J connectivity index is 1.82. The van der Waals surface area contributed by atoms with Crippen molar-refractivity contribution in [2.45, 2.75) is 37.5 Å². The summed E-state index contributed by atoms with van der Waals surface area (Å²) in [4.78, 5) is 0. The summed E-state index contributed by atoms with van der Waals surface area (Å²) in [5.74, 6) is 0. The fourth-order valence-electron chi connectivity index (χ4n) is 4.74. The predicted octanol–water partition coefficient (Wildman–Crippen LogP) is 5.75. The Kier molecular flexibility index (Phi) is 6.15. The quantitative estimate of drug-likeness (QED) is 0.477. The minimum Gasteiger partial charge on any atom is -0.313 e. The van der Waals surface area contributed by atoms with Crippen LogP contribution in [0.15, 0.2) is 91.0 Å². The molecule has 3 heteroatoms. The summed E-state index contributed by atoms with van der Waals surface area (Å²) in [6.07, 6.45) is 4.68. The molecule has 3 aromatic rings. The van der Waals surface area contributed by atoms with E-state index in [-0.39, 0.29) is 13.6 Å². The molecule has 1 aliphatic rings. The molecule has 0 spiro atoms. The van der Waals surface area contributed by atoms with Gasteiger partial charge < -0.3 is 4.57 Å². The van der Waals surface area contributed by atoms with E-state index in [9.17, 15) is 4.57 Å². The Labute approximate surface area is 170 Å². The molecule has 1 nitrogen and oxygen atoms in total. The van der Waals surface area contributed by atoms with Crippen molar-refractivity contribution in [1.82, 2.24) is 0 Å². The second-order valence-corrected chi connectivity index (χ2v) is 13.1. The van der Waals surface area contributed by atoms with Crippen LogP contribution in [0.3, 0.4) is 0 Å². The van der Waals surface area contributed by atoms with E-state index in [1.54, 1.807) is 0 Å². The maximum absolute atomic E-state index is 14.9. The highest BCUT2D eigenvalue weighted by atomic mass is 31.2. The van der Waals surface area contributed by atoms with Crippen LogP contribution in [0.2, 0.25) is 0 Å². The lowest BCUT2D eigenvalue weighted by Gasteiger charge is -2.35. The van der Waals surface area contributed by atoms with Crippen LogP contribution in [-0.2, 0) is 4.57 Å². The van der Waals surface area contributed by atoms with Gasteiger partial charge in [0, 0.05) is 16.3 Å². The Morgan fingerprint density at radius 3 is 1.86 bits per heavy atom. The summed E-state index contributed by atoms with van der Waals surface area (Å²) in [5.41, 5.74) is 0.722. The van der Waals surface area contributed by atoms with Gasteiger partial charge in [0.15, 0.2) is 0 Å². The number of hydrogen-bond acceptors (Lipinski definition) is 1. The molecular formula is C25H28OP2. The van der Waals surface area contributed by atoms with E-state index >= 15 is 0 Å². The standard InChI is InChI=1S/C25H28OP2/c1-2-25(24-19-12-20-27(24)21-13-6-3-7-14-21)28(26,22-15-8-4-9-16-22)23-17-10-5-11-18-23/h3-11,13-18,24-25H,2,12,19-20H2,1H3. The van der Waals surface area contributed by atoms with E-state index in [1.165, 1.54) is 24.3 Å². The predicted molar refractivity (Wildman–Crippen MR) is 125 cm³/mol. The minimum atomic E-state index is -2.73. The van der Waals surface area contributed by atoms with Crippen molar-refractivity contribution in [2.24, 2.45) is 0 Å². The van der Waals surface area contributed by atoms with Gasteiger partial charge in [-0.15, -0.1) is 0 Å². The van der Waals surface area contributed by atoms with Gasteiger partial charge in [0.2, 0.25) is 0 Å². The summed E-state index contributed by atoms with van der Waals surface area (Å²) in [6, 6.07) is 31.5. The number of rotatable bonds is 6. The van der Waals surface area contributed by atoms with Crippen molar-refractivity contribution in [2.75, 3.05) is 6.16 Å². The number of hydrogen-bond donors (Lipinski definition) is 0. The molecule has 1 aliphatic heterocycles. The summed E-state index contributed by atoms with van der Waals surface area (Å²) in [5, 5.41) is 3.51. The third-order valence-corrected chi connectivity index (χ3v) is 13.2. The van der Waals surface area contributed by atoms with Crippen LogP contribution < -0.4 is 15.9 Å². The van der Waals surface area contributed by atoms with Gasteiger partial charge in [-0.05, 0) is 36.4 Å². The largest absolute Gasteiger partial charge is 0.313 e. The zero-order valence-corrected chi connectivity index (χ0v) is 18.2. The van der Waals surface area contributed by atoms with Crippen LogP contribution in [0.1, 0.15) is 26.2 Å². The smallest absolute Gasteiger partial charge is 0.146 e. The molecule has 3 aromatic carbocycles. The number of benzene rings is 3. The third-order valence-electron chi connectivity index (χ3n) is 6.00. The van der Waals surface area contributed by atoms with Crippen LogP contribution in [0.25, 0.3) is 0 Å². The average molecular weight is 406 g/mol. The molecule has 144 valence electrons.